The van der Waals surface area contributed by atoms with E-state index in [1.165, 1.54) is 9.75 Å². The molecular weight excluding hydrogens is 282 g/mol. The van der Waals surface area contributed by atoms with Crippen LogP contribution in [0.4, 0.5) is 0 Å². The van der Waals surface area contributed by atoms with Crippen LogP contribution in [0, 0.1) is 6.92 Å². The lowest BCUT2D eigenvalue weighted by Gasteiger charge is -2.15. The zero-order chi connectivity index (χ0) is 15.2. The van der Waals surface area contributed by atoms with E-state index in [0.717, 1.165) is 12.0 Å². The number of aryl methyl sites for hydroxylation is 1. The van der Waals surface area contributed by atoms with Gasteiger partial charge in [-0.05, 0) is 45.4 Å². The minimum atomic E-state index is 0.242. The molecule has 0 saturated carbocycles. The SMILES string of the molecule is CCOc1cccc(CNC(C)Cc2ccc(C)s2)c1O. The van der Waals surface area contributed by atoms with Gasteiger partial charge in [0.05, 0.1) is 6.61 Å². The average Bonchev–Trinajstić information content (AvgIpc) is 2.85. The molecule has 4 heteroatoms. The molecule has 1 aromatic carbocycles. The molecule has 0 saturated heterocycles. The monoisotopic (exact) mass is 305 g/mol. The van der Waals surface area contributed by atoms with Crippen molar-refractivity contribution in [3.05, 3.63) is 45.6 Å². The summed E-state index contributed by atoms with van der Waals surface area (Å²) < 4.78 is 5.41. The second kappa shape index (κ2) is 7.48. The van der Waals surface area contributed by atoms with E-state index < -0.39 is 0 Å². The first-order chi connectivity index (χ1) is 10.1. The number of phenols is 1. The van der Waals surface area contributed by atoms with E-state index in [9.17, 15) is 5.11 Å². The van der Waals surface area contributed by atoms with E-state index in [-0.39, 0.29) is 5.75 Å². The fourth-order valence-electron chi connectivity index (χ4n) is 2.24. The molecule has 0 amide bonds. The summed E-state index contributed by atoms with van der Waals surface area (Å²) in [6.07, 6.45) is 1.00. The van der Waals surface area contributed by atoms with Crippen LogP contribution in [0.25, 0.3) is 0 Å². The Morgan fingerprint density at radius 2 is 2.10 bits per heavy atom. The van der Waals surface area contributed by atoms with Gasteiger partial charge in [-0.1, -0.05) is 12.1 Å². The topological polar surface area (TPSA) is 41.5 Å². The van der Waals surface area contributed by atoms with Crippen LogP contribution in [0.3, 0.4) is 0 Å². The van der Waals surface area contributed by atoms with Crippen LogP contribution in [0.5, 0.6) is 11.5 Å². The maximum atomic E-state index is 10.2. The zero-order valence-corrected chi connectivity index (χ0v) is 13.7. The number of benzene rings is 1. The van der Waals surface area contributed by atoms with Gasteiger partial charge >= 0.3 is 0 Å². The number of rotatable bonds is 7. The summed E-state index contributed by atoms with van der Waals surface area (Å²) in [4.78, 5) is 2.74. The lowest BCUT2D eigenvalue weighted by Crippen LogP contribution is -2.27. The molecule has 0 fully saturated rings. The maximum absolute atomic E-state index is 10.2. The van der Waals surface area contributed by atoms with E-state index in [4.69, 9.17) is 4.74 Å². The highest BCUT2D eigenvalue weighted by Gasteiger charge is 2.10. The van der Waals surface area contributed by atoms with Crippen LogP contribution in [0.15, 0.2) is 30.3 Å². The molecule has 0 aliphatic rings. The Bertz CT molecular complexity index is 580. The van der Waals surface area contributed by atoms with Gasteiger partial charge in [-0.3, -0.25) is 0 Å². The van der Waals surface area contributed by atoms with Gasteiger partial charge < -0.3 is 15.2 Å². The van der Waals surface area contributed by atoms with Gasteiger partial charge in [0.15, 0.2) is 11.5 Å². The van der Waals surface area contributed by atoms with E-state index in [1.54, 1.807) is 6.07 Å². The summed E-state index contributed by atoms with van der Waals surface area (Å²) in [5, 5.41) is 13.6. The smallest absolute Gasteiger partial charge is 0.162 e. The summed E-state index contributed by atoms with van der Waals surface area (Å²) >= 11 is 1.84. The highest BCUT2D eigenvalue weighted by atomic mass is 32.1. The molecule has 1 unspecified atom stereocenters. The second-order valence-electron chi connectivity index (χ2n) is 5.20. The Kier molecular flexibility index (Phi) is 5.65. The molecule has 1 atom stereocenters. The Hall–Kier alpha value is -1.52. The molecule has 1 heterocycles. The van der Waals surface area contributed by atoms with Crippen LogP contribution >= 0.6 is 11.3 Å². The number of phenolic OH excluding ortho intramolecular Hbond substituents is 1. The lowest BCUT2D eigenvalue weighted by atomic mass is 10.1. The summed E-state index contributed by atoms with van der Waals surface area (Å²) in [5.74, 6) is 0.796. The van der Waals surface area contributed by atoms with Crippen molar-refractivity contribution in [3.63, 3.8) is 0 Å². The molecule has 0 spiro atoms. The van der Waals surface area contributed by atoms with Gasteiger partial charge in [0.2, 0.25) is 0 Å². The van der Waals surface area contributed by atoms with Crippen LogP contribution in [0.1, 0.15) is 29.2 Å². The highest BCUT2D eigenvalue weighted by Crippen LogP contribution is 2.29. The molecular formula is C17H23NO2S. The molecule has 2 rings (SSSR count). The first kappa shape index (κ1) is 15.9. The molecule has 2 aromatic rings. The first-order valence-corrected chi connectivity index (χ1v) is 8.14. The molecule has 114 valence electrons. The quantitative estimate of drug-likeness (QED) is 0.815. The Morgan fingerprint density at radius 3 is 2.76 bits per heavy atom. The predicted octanol–water partition coefficient (Wildman–Crippen LogP) is 3.88. The van der Waals surface area contributed by atoms with Crippen LogP contribution in [-0.4, -0.2) is 17.8 Å². The third-order valence-electron chi connectivity index (χ3n) is 3.33. The number of hydrogen-bond acceptors (Lipinski definition) is 4. The van der Waals surface area contributed by atoms with Crippen LogP contribution < -0.4 is 10.1 Å². The van der Waals surface area contributed by atoms with E-state index in [2.05, 4.69) is 31.3 Å². The zero-order valence-electron chi connectivity index (χ0n) is 12.8. The summed E-state index contributed by atoms with van der Waals surface area (Å²) in [7, 11) is 0. The Labute approximate surface area is 130 Å². The van der Waals surface area contributed by atoms with Gasteiger partial charge in [0.25, 0.3) is 0 Å². The highest BCUT2D eigenvalue weighted by molar-refractivity contribution is 7.11. The predicted molar refractivity (Wildman–Crippen MR) is 88.3 cm³/mol. The van der Waals surface area contributed by atoms with Crippen molar-refractivity contribution in [2.24, 2.45) is 0 Å². The molecule has 0 bridgehead atoms. The molecule has 0 radical (unpaired) electrons. The van der Waals surface area contributed by atoms with E-state index in [0.29, 0.717) is 24.9 Å². The summed E-state index contributed by atoms with van der Waals surface area (Å²) in [6.45, 7) is 7.40. The second-order valence-corrected chi connectivity index (χ2v) is 6.57. The fourth-order valence-corrected chi connectivity index (χ4v) is 3.25. The molecule has 2 N–H and O–H groups in total. The average molecular weight is 305 g/mol. The fraction of sp³-hybridized carbons (Fsp3) is 0.412. The van der Waals surface area contributed by atoms with E-state index in [1.807, 2.05) is 30.4 Å². The van der Waals surface area contributed by atoms with Crippen molar-refractivity contribution in [1.29, 1.82) is 0 Å². The van der Waals surface area contributed by atoms with Crippen molar-refractivity contribution in [1.82, 2.24) is 5.32 Å². The number of para-hydroxylation sites is 1. The largest absolute Gasteiger partial charge is 0.504 e. The van der Waals surface area contributed by atoms with Crippen molar-refractivity contribution >= 4 is 11.3 Å². The molecule has 3 nitrogen and oxygen atoms in total. The first-order valence-electron chi connectivity index (χ1n) is 7.32. The standard InChI is InChI=1S/C17H23NO2S/c1-4-20-16-7-5-6-14(17(16)19)11-18-12(2)10-15-9-8-13(3)21-15/h5-9,12,18-19H,4,10-11H2,1-3H3. The van der Waals surface area contributed by atoms with Crippen molar-refractivity contribution in [3.8, 4) is 11.5 Å². The number of aromatic hydroxyl groups is 1. The summed E-state index contributed by atoms with van der Waals surface area (Å²) in [5.41, 5.74) is 0.871. The number of hydrogen-bond donors (Lipinski definition) is 2. The van der Waals surface area contributed by atoms with Crippen LogP contribution in [-0.2, 0) is 13.0 Å². The van der Waals surface area contributed by atoms with Gasteiger partial charge in [0.1, 0.15) is 0 Å². The maximum Gasteiger partial charge on any atom is 0.162 e. The van der Waals surface area contributed by atoms with Gasteiger partial charge in [0, 0.05) is 27.9 Å². The van der Waals surface area contributed by atoms with Gasteiger partial charge in [-0.25, -0.2) is 0 Å². The minimum Gasteiger partial charge on any atom is -0.504 e. The van der Waals surface area contributed by atoms with Crippen LogP contribution in [0.2, 0.25) is 0 Å². The molecule has 21 heavy (non-hydrogen) atoms. The summed E-state index contributed by atoms with van der Waals surface area (Å²) in [6, 6.07) is 10.3. The van der Waals surface area contributed by atoms with Crippen molar-refractivity contribution in [2.75, 3.05) is 6.61 Å². The number of ether oxygens (including phenoxy) is 1. The number of thiophene rings is 1. The lowest BCUT2D eigenvalue weighted by molar-refractivity contribution is 0.316. The third-order valence-corrected chi connectivity index (χ3v) is 4.35. The Balaban J connectivity index is 1.91. The van der Waals surface area contributed by atoms with Crippen molar-refractivity contribution < 1.29 is 9.84 Å². The third kappa shape index (κ3) is 4.48. The van der Waals surface area contributed by atoms with Gasteiger partial charge in [-0.2, -0.15) is 0 Å². The van der Waals surface area contributed by atoms with E-state index >= 15 is 0 Å². The normalized spacial score (nSPS) is 12.3. The van der Waals surface area contributed by atoms with Gasteiger partial charge in [-0.15, -0.1) is 11.3 Å². The molecule has 0 aliphatic heterocycles. The number of nitrogens with one attached hydrogen (secondary N) is 1. The minimum absolute atomic E-state index is 0.242. The molecule has 0 aliphatic carbocycles. The molecule has 1 aromatic heterocycles. The van der Waals surface area contributed by atoms with Crippen molar-refractivity contribution in [2.45, 2.75) is 39.8 Å². The Morgan fingerprint density at radius 1 is 1.29 bits per heavy atom.